The average molecular weight is 415 g/mol. The summed E-state index contributed by atoms with van der Waals surface area (Å²) in [4.78, 5) is 21.7. The SMILES string of the molecule is CN(C)C1CCN(C(=O)c2ccnn2-c2ccc3ccc(-c4cccnc4)cn23)CC1. The molecule has 1 amide bonds. The van der Waals surface area contributed by atoms with Crippen molar-refractivity contribution in [3.8, 4) is 16.9 Å². The number of aromatic nitrogens is 4. The first kappa shape index (κ1) is 19.5. The van der Waals surface area contributed by atoms with E-state index < -0.39 is 0 Å². The van der Waals surface area contributed by atoms with Crippen molar-refractivity contribution in [3.63, 3.8) is 0 Å². The average Bonchev–Trinajstić information content (AvgIpc) is 3.45. The van der Waals surface area contributed by atoms with E-state index in [-0.39, 0.29) is 5.91 Å². The number of pyridine rings is 2. The fourth-order valence-corrected chi connectivity index (χ4v) is 4.36. The molecular formula is C24H26N6O. The summed E-state index contributed by atoms with van der Waals surface area (Å²) in [6.45, 7) is 1.54. The van der Waals surface area contributed by atoms with E-state index in [1.165, 1.54) is 0 Å². The first-order chi connectivity index (χ1) is 15.1. The third-order valence-corrected chi connectivity index (χ3v) is 6.19. The molecule has 7 heteroatoms. The van der Waals surface area contributed by atoms with Crippen LogP contribution >= 0.6 is 0 Å². The normalized spacial score (nSPS) is 15.1. The minimum atomic E-state index is 0.0353. The Hall–Kier alpha value is -3.45. The summed E-state index contributed by atoms with van der Waals surface area (Å²) in [7, 11) is 4.21. The van der Waals surface area contributed by atoms with E-state index in [2.05, 4.69) is 51.8 Å². The zero-order valence-corrected chi connectivity index (χ0v) is 17.8. The Morgan fingerprint density at radius 2 is 1.81 bits per heavy atom. The van der Waals surface area contributed by atoms with Gasteiger partial charge in [0.25, 0.3) is 5.91 Å². The summed E-state index contributed by atoms with van der Waals surface area (Å²) < 4.78 is 3.82. The molecule has 158 valence electrons. The molecule has 0 bridgehead atoms. The molecule has 1 aliphatic rings. The molecule has 5 heterocycles. The molecule has 7 nitrogen and oxygen atoms in total. The van der Waals surface area contributed by atoms with Crippen LogP contribution in [0, 0.1) is 0 Å². The summed E-state index contributed by atoms with van der Waals surface area (Å²) in [6.07, 6.45) is 9.38. The van der Waals surface area contributed by atoms with Crippen molar-refractivity contribution in [2.45, 2.75) is 18.9 Å². The van der Waals surface area contributed by atoms with Crippen LogP contribution in [0.2, 0.25) is 0 Å². The minimum Gasteiger partial charge on any atom is -0.337 e. The van der Waals surface area contributed by atoms with Crippen molar-refractivity contribution in [2.75, 3.05) is 27.2 Å². The van der Waals surface area contributed by atoms with E-state index in [1.54, 1.807) is 17.1 Å². The largest absolute Gasteiger partial charge is 0.337 e. The van der Waals surface area contributed by atoms with Gasteiger partial charge < -0.3 is 14.2 Å². The summed E-state index contributed by atoms with van der Waals surface area (Å²) >= 11 is 0. The Balaban J connectivity index is 1.47. The van der Waals surface area contributed by atoms with E-state index >= 15 is 0 Å². The lowest BCUT2D eigenvalue weighted by Gasteiger charge is -2.35. The van der Waals surface area contributed by atoms with Gasteiger partial charge in [-0.05, 0) is 62.8 Å². The van der Waals surface area contributed by atoms with Crippen LogP contribution in [0.25, 0.3) is 22.5 Å². The molecule has 5 rings (SSSR count). The first-order valence-corrected chi connectivity index (χ1v) is 10.6. The predicted octanol–water partition coefficient (Wildman–Crippen LogP) is 3.35. The van der Waals surface area contributed by atoms with Crippen LogP contribution in [0.15, 0.2) is 67.3 Å². The number of piperidine rings is 1. The van der Waals surface area contributed by atoms with Crippen molar-refractivity contribution in [2.24, 2.45) is 0 Å². The maximum absolute atomic E-state index is 13.3. The number of amides is 1. The molecule has 0 radical (unpaired) electrons. The molecule has 0 aromatic carbocycles. The number of carbonyl (C=O) groups is 1. The highest BCUT2D eigenvalue weighted by Gasteiger charge is 2.27. The number of hydrogen-bond acceptors (Lipinski definition) is 4. The maximum atomic E-state index is 13.3. The molecule has 1 fully saturated rings. The van der Waals surface area contributed by atoms with Crippen LogP contribution in [0.5, 0.6) is 0 Å². The molecule has 0 unspecified atom stereocenters. The van der Waals surface area contributed by atoms with Gasteiger partial charge in [-0.15, -0.1) is 0 Å². The standard InChI is InChI=1S/C24H26N6O/c1-27(2)20-10-14-28(15-11-20)24(31)22-9-13-26-30(22)23-8-7-21-6-5-19(17-29(21)23)18-4-3-12-25-16-18/h3-9,12-13,16-17,20H,10-11,14-15H2,1-2H3. The van der Waals surface area contributed by atoms with Gasteiger partial charge >= 0.3 is 0 Å². The zero-order chi connectivity index (χ0) is 21.4. The monoisotopic (exact) mass is 414 g/mol. The fraction of sp³-hybridized carbons (Fsp3) is 0.292. The highest BCUT2D eigenvalue weighted by atomic mass is 16.2. The van der Waals surface area contributed by atoms with Gasteiger partial charge in [0.1, 0.15) is 11.5 Å². The van der Waals surface area contributed by atoms with Crippen LogP contribution in [0.1, 0.15) is 23.3 Å². The minimum absolute atomic E-state index is 0.0353. The Morgan fingerprint density at radius 1 is 1.00 bits per heavy atom. The van der Waals surface area contributed by atoms with Gasteiger partial charge in [-0.3, -0.25) is 9.78 Å². The van der Waals surface area contributed by atoms with E-state index in [0.717, 1.165) is 48.4 Å². The van der Waals surface area contributed by atoms with Gasteiger partial charge in [-0.1, -0.05) is 12.1 Å². The van der Waals surface area contributed by atoms with Crippen molar-refractivity contribution >= 4 is 11.4 Å². The van der Waals surface area contributed by atoms with Gasteiger partial charge in [0, 0.05) is 48.8 Å². The summed E-state index contributed by atoms with van der Waals surface area (Å²) in [5.74, 6) is 0.880. The lowest BCUT2D eigenvalue weighted by Crippen LogP contribution is -2.44. The molecule has 0 spiro atoms. The summed E-state index contributed by atoms with van der Waals surface area (Å²) in [5.41, 5.74) is 3.74. The maximum Gasteiger partial charge on any atom is 0.272 e. The fourth-order valence-electron chi connectivity index (χ4n) is 4.36. The predicted molar refractivity (Wildman–Crippen MR) is 120 cm³/mol. The van der Waals surface area contributed by atoms with E-state index in [0.29, 0.717) is 11.7 Å². The molecule has 0 saturated carbocycles. The third kappa shape index (κ3) is 3.61. The van der Waals surface area contributed by atoms with E-state index in [1.807, 2.05) is 41.4 Å². The van der Waals surface area contributed by atoms with Crippen molar-refractivity contribution in [1.82, 2.24) is 29.0 Å². The van der Waals surface area contributed by atoms with Crippen LogP contribution < -0.4 is 0 Å². The lowest BCUT2D eigenvalue weighted by atomic mass is 10.0. The summed E-state index contributed by atoms with van der Waals surface area (Å²) in [5, 5.41) is 4.50. The Kier molecular flexibility index (Phi) is 5.03. The molecule has 4 aromatic heterocycles. The van der Waals surface area contributed by atoms with Crippen molar-refractivity contribution in [3.05, 3.63) is 72.9 Å². The molecule has 1 aliphatic heterocycles. The first-order valence-electron chi connectivity index (χ1n) is 10.6. The van der Waals surface area contributed by atoms with Crippen LogP contribution in [-0.4, -0.2) is 68.1 Å². The highest BCUT2D eigenvalue weighted by molar-refractivity contribution is 5.93. The Morgan fingerprint density at radius 3 is 2.55 bits per heavy atom. The molecule has 1 saturated heterocycles. The van der Waals surface area contributed by atoms with Gasteiger partial charge in [0.15, 0.2) is 0 Å². The summed E-state index contributed by atoms with van der Waals surface area (Å²) in [6, 6.07) is 14.5. The number of rotatable bonds is 4. The quantitative estimate of drug-likeness (QED) is 0.514. The second-order valence-corrected chi connectivity index (χ2v) is 8.26. The highest BCUT2D eigenvalue weighted by Crippen LogP contribution is 2.24. The Bertz CT molecular complexity index is 1200. The molecule has 0 N–H and O–H groups in total. The van der Waals surface area contributed by atoms with Crippen LogP contribution in [-0.2, 0) is 0 Å². The number of nitrogens with zero attached hydrogens (tertiary/aromatic N) is 6. The molecule has 0 aliphatic carbocycles. The third-order valence-electron chi connectivity index (χ3n) is 6.19. The number of hydrogen-bond donors (Lipinski definition) is 0. The van der Waals surface area contributed by atoms with Gasteiger partial charge in [-0.2, -0.15) is 5.10 Å². The second kappa shape index (κ2) is 8.00. The lowest BCUT2D eigenvalue weighted by molar-refractivity contribution is 0.0654. The van der Waals surface area contributed by atoms with Crippen molar-refractivity contribution in [1.29, 1.82) is 0 Å². The number of carbonyl (C=O) groups excluding carboxylic acids is 1. The van der Waals surface area contributed by atoms with Gasteiger partial charge in [-0.25, -0.2) is 4.68 Å². The molecule has 4 aromatic rings. The zero-order valence-electron chi connectivity index (χ0n) is 17.8. The van der Waals surface area contributed by atoms with Gasteiger partial charge in [0.05, 0.1) is 6.20 Å². The van der Waals surface area contributed by atoms with Crippen LogP contribution in [0.3, 0.4) is 0 Å². The second-order valence-electron chi connectivity index (χ2n) is 8.26. The van der Waals surface area contributed by atoms with Crippen molar-refractivity contribution < 1.29 is 4.79 Å². The van der Waals surface area contributed by atoms with E-state index in [4.69, 9.17) is 0 Å². The molecule has 31 heavy (non-hydrogen) atoms. The van der Waals surface area contributed by atoms with E-state index in [9.17, 15) is 4.79 Å². The Labute approximate surface area is 181 Å². The topological polar surface area (TPSA) is 58.7 Å². The molecule has 0 atom stereocenters. The molecular weight excluding hydrogens is 388 g/mol. The number of fused-ring (bicyclic) bond motifs is 1. The number of likely N-dealkylation sites (tertiary alicyclic amines) is 1. The smallest absolute Gasteiger partial charge is 0.272 e. The van der Waals surface area contributed by atoms with Gasteiger partial charge in [0.2, 0.25) is 0 Å². The van der Waals surface area contributed by atoms with Crippen LogP contribution in [0.4, 0.5) is 0 Å².